The highest BCUT2D eigenvalue weighted by atomic mass is 35.5. The molecule has 0 aliphatic carbocycles. The molecule has 1 amide bonds. The van der Waals surface area contributed by atoms with Gasteiger partial charge in [0.2, 0.25) is 5.91 Å². The van der Waals surface area contributed by atoms with Crippen molar-refractivity contribution >= 4 is 40.3 Å². The molecule has 0 saturated carbocycles. The van der Waals surface area contributed by atoms with E-state index in [-0.39, 0.29) is 11.7 Å². The fourth-order valence-electron chi connectivity index (χ4n) is 2.03. The molecular formula is C13H8ClNO2S. The second-order valence-corrected chi connectivity index (χ2v) is 5.41. The standard InChI is InChI=1S/C13H8ClNO2S/c14-7-3-4-8-9(6-7)15-13(17)11(12(8)16)10-2-1-5-18-10/h1-6,11H,(H,15,17). The Morgan fingerprint density at radius 1 is 1.22 bits per heavy atom. The van der Waals surface area contributed by atoms with Crippen molar-refractivity contribution in [3.8, 4) is 0 Å². The van der Waals surface area contributed by atoms with E-state index in [1.54, 1.807) is 24.3 Å². The van der Waals surface area contributed by atoms with E-state index in [9.17, 15) is 9.59 Å². The van der Waals surface area contributed by atoms with Gasteiger partial charge in [0.05, 0.1) is 5.69 Å². The van der Waals surface area contributed by atoms with Gasteiger partial charge in [0.25, 0.3) is 0 Å². The van der Waals surface area contributed by atoms with Crippen molar-refractivity contribution in [3.05, 3.63) is 51.2 Å². The van der Waals surface area contributed by atoms with Gasteiger partial charge in [-0.3, -0.25) is 9.59 Å². The van der Waals surface area contributed by atoms with E-state index in [1.807, 2.05) is 11.4 Å². The van der Waals surface area contributed by atoms with E-state index >= 15 is 0 Å². The van der Waals surface area contributed by atoms with Crippen LogP contribution in [0.25, 0.3) is 0 Å². The SMILES string of the molecule is O=C1Nc2cc(Cl)ccc2C(=O)C1c1cccs1. The highest BCUT2D eigenvalue weighted by Gasteiger charge is 2.36. The molecule has 1 N–H and O–H groups in total. The van der Waals surface area contributed by atoms with E-state index in [0.717, 1.165) is 4.88 Å². The van der Waals surface area contributed by atoms with Crippen LogP contribution in [0.1, 0.15) is 21.2 Å². The highest BCUT2D eigenvalue weighted by molar-refractivity contribution is 7.10. The van der Waals surface area contributed by atoms with Gasteiger partial charge >= 0.3 is 0 Å². The van der Waals surface area contributed by atoms with E-state index in [1.165, 1.54) is 11.3 Å². The summed E-state index contributed by atoms with van der Waals surface area (Å²) in [5.41, 5.74) is 1.00. The number of rotatable bonds is 1. The molecule has 1 atom stereocenters. The molecule has 0 fully saturated rings. The molecule has 0 bridgehead atoms. The zero-order valence-corrected chi connectivity index (χ0v) is 10.7. The molecule has 0 spiro atoms. The quantitative estimate of drug-likeness (QED) is 0.813. The van der Waals surface area contributed by atoms with Gasteiger partial charge in [-0.15, -0.1) is 11.3 Å². The Hall–Kier alpha value is -1.65. The van der Waals surface area contributed by atoms with Crippen molar-refractivity contribution in [2.24, 2.45) is 0 Å². The first-order valence-electron chi connectivity index (χ1n) is 5.35. The number of amides is 1. The molecule has 1 aromatic carbocycles. The molecule has 1 aliphatic heterocycles. The van der Waals surface area contributed by atoms with Crippen molar-refractivity contribution in [1.29, 1.82) is 0 Å². The first kappa shape index (κ1) is 11.4. The molecule has 1 aromatic heterocycles. The summed E-state index contributed by atoms with van der Waals surface area (Å²) in [6.45, 7) is 0. The number of Topliss-reactive ketones (excluding diaryl/α,β-unsaturated/α-hetero) is 1. The lowest BCUT2D eigenvalue weighted by Crippen LogP contribution is -2.32. The summed E-state index contributed by atoms with van der Waals surface area (Å²) < 4.78 is 0. The number of halogens is 1. The average Bonchev–Trinajstić information content (AvgIpc) is 2.82. The van der Waals surface area contributed by atoms with Crippen LogP contribution in [0.5, 0.6) is 0 Å². The molecule has 2 aromatic rings. The van der Waals surface area contributed by atoms with Crippen LogP contribution in [0.15, 0.2) is 35.7 Å². The normalized spacial score (nSPS) is 18.4. The number of benzene rings is 1. The minimum absolute atomic E-state index is 0.173. The zero-order valence-electron chi connectivity index (χ0n) is 9.14. The lowest BCUT2D eigenvalue weighted by Gasteiger charge is -2.22. The maximum absolute atomic E-state index is 12.3. The molecule has 0 saturated heterocycles. The summed E-state index contributed by atoms with van der Waals surface area (Å²) in [4.78, 5) is 25.1. The minimum Gasteiger partial charge on any atom is -0.324 e. The summed E-state index contributed by atoms with van der Waals surface area (Å²) in [5.74, 6) is -1.20. The lowest BCUT2D eigenvalue weighted by atomic mass is 9.90. The number of nitrogens with one attached hydrogen (secondary N) is 1. The molecule has 3 rings (SSSR count). The number of carbonyl (C=O) groups is 2. The van der Waals surface area contributed by atoms with Gasteiger partial charge in [-0.2, -0.15) is 0 Å². The monoisotopic (exact) mass is 277 g/mol. The third-order valence-corrected chi connectivity index (χ3v) is 4.03. The van der Waals surface area contributed by atoms with Crippen LogP contribution >= 0.6 is 22.9 Å². The number of fused-ring (bicyclic) bond motifs is 1. The maximum Gasteiger partial charge on any atom is 0.240 e. The molecule has 3 nitrogen and oxygen atoms in total. The van der Waals surface area contributed by atoms with E-state index < -0.39 is 5.92 Å². The van der Waals surface area contributed by atoms with Crippen LogP contribution in [-0.2, 0) is 4.79 Å². The summed E-state index contributed by atoms with van der Waals surface area (Å²) in [6, 6.07) is 8.53. The van der Waals surface area contributed by atoms with Crippen molar-refractivity contribution in [2.45, 2.75) is 5.92 Å². The van der Waals surface area contributed by atoms with Gasteiger partial charge in [-0.05, 0) is 29.6 Å². The van der Waals surface area contributed by atoms with Crippen LogP contribution in [0.3, 0.4) is 0 Å². The van der Waals surface area contributed by atoms with Crippen LogP contribution in [-0.4, -0.2) is 11.7 Å². The third-order valence-electron chi connectivity index (χ3n) is 2.86. The second kappa shape index (κ2) is 4.23. The fourth-order valence-corrected chi connectivity index (χ4v) is 3.02. The lowest BCUT2D eigenvalue weighted by molar-refractivity contribution is -0.116. The Kier molecular flexibility index (Phi) is 2.69. The Bertz CT molecular complexity index is 636. The topological polar surface area (TPSA) is 46.2 Å². The van der Waals surface area contributed by atoms with Crippen LogP contribution in [0, 0.1) is 0 Å². The van der Waals surface area contributed by atoms with Gasteiger partial charge in [-0.1, -0.05) is 17.7 Å². The van der Waals surface area contributed by atoms with E-state index in [4.69, 9.17) is 11.6 Å². The first-order valence-corrected chi connectivity index (χ1v) is 6.60. The van der Waals surface area contributed by atoms with Crippen LogP contribution in [0.2, 0.25) is 5.02 Å². The van der Waals surface area contributed by atoms with Gasteiger partial charge in [0.1, 0.15) is 5.92 Å². The number of hydrogen-bond acceptors (Lipinski definition) is 3. The van der Waals surface area contributed by atoms with E-state index in [2.05, 4.69) is 5.32 Å². The van der Waals surface area contributed by atoms with Gasteiger partial charge in [-0.25, -0.2) is 0 Å². The Morgan fingerprint density at radius 3 is 2.78 bits per heavy atom. The minimum atomic E-state index is -0.737. The second-order valence-electron chi connectivity index (χ2n) is 3.99. The molecule has 2 heterocycles. The molecule has 0 radical (unpaired) electrons. The predicted octanol–water partition coefficient (Wildman–Crippen LogP) is 3.32. The number of hydrogen-bond donors (Lipinski definition) is 1. The fraction of sp³-hybridized carbons (Fsp3) is 0.0769. The molecular weight excluding hydrogens is 270 g/mol. The number of anilines is 1. The van der Waals surface area contributed by atoms with Crippen molar-refractivity contribution in [3.63, 3.8) is 0 Å². The highest BCUT2D eigenvalue weighted by Crippen LogP contribution is 2.34. The third kappa shape index (κ3) is 1.74. The largest absolute Gasteiger partial charge is 0.324 e. The van der Waals surface area contributed by atoms with Crippen LogP contribution < -0.4 is 5.32 Å². The Morgan fingerprint density at radius 2 is 2.06 bits per heavy atom. The summed E-state index contributed by atoms with van der Waals surface area (Å²) in [5, 5.41) is 5.08. The summed E-state index contributed by atoms with van der Waals surface area (Å²) in [6.07, 6.45) is 0. The smallest absolute Gasteiger partial charge is 0.240 e. The van der Waals surface area contributed by atoms with Crippen molar-refractivity contribution < 1.29 is 9.59 Å². The molecule has 1 unspecified atom stereocenters. The van der Waals surface area contributed by atoms with Crippen molar-refractivity contribution in [1.82, 2.24) is 0 Å². The Balaban J connectivity index is 2.10. The molecule has 5 heteroatoms. The molecule has 1 aliphatic rings. The summed E-state index contributed by atoms with van der Waals surface area (Å²) >= 11 is 7.25. The van der Waals surface area contributed by atoms with Gasteiger partial charge < -0.3 is 5.32 Å². The van der Waals surface area contributed by atoms with E-state index in [0.29, 0.717) is 16.3 Å². The number of ketones is 1. The maximum atomic E-state index is 12.3. The van der Waals surface area contributed by atoms with Crippen molar-refractivity contribution in [2.75, 3.05) is 5.32 Å². The average molecular weight is 278 g/mol. The Labute approximate surface area is 112 Å². The van der Waals surface area contributed by atoms with Gasteiger partial charge in [0.15, 0.2) is 5.78 Å². The van der Waals surface area contributed by atoms with Gasteiger partial charge in [0, 0.05) is 15.5 Å². The molecule has 90 valence electrons. The van der Waals surface area contributed by atoms with Crippen LogP contribution in [0.4, 0.5) is 5.69 Å². The predicted molar refractivity (Wildman–Crippen MR) is 71.5 cm³/mol. The zero-order chi connectivity index (χ0) is 12.7. The number of carbonyl (C=O) groups excluding carboxylic acids is 2. The summed E-state index contributed by atoms with van der Waals surface area (Å²) in [7, 11) is 0. The molecule has 18 heavy (non-hydrogen) atoms. The first-order chi connectivity index (χ1) is 8.66. The number of thiophene rings is 1.